The molecule has 1 aliphatic rings. The molecule has 0 amide bonds. The maximum Gasteiger partial charge on any atom is 0.306 e. The van der Waals surface area contributed by atoms with Gasteiger partial charge in [-0.2, -0.15) is 0 Å². The first kappa shape index (κ1) is 15.0. The Hall–Kier alpha value is -1.06. The minimum absolute atomic E-state index is 0.0228. The Labute approximate surface area is 109 Å². The second-order valence-corrected chi connectivity index (χ2v) is 5.75. The van der Waals surface area contributed by atoms with E-state index in [1.54, 1.807) is 0 Å². The van der Waals surface area contributed by atoms with Gasteiger partial charge in [-0.3, -0.25) is 9.59 Å². The molecule has 0 radical (unpaired) electrons. The van der Waals surface area contributed by atoms with Crippen LogP contribution in [-0.2, 0) is 14.3 Å². The number of carboxylic acid groups (broad SMARTS) is 1. The number of ether oxygens (including phenoxy) is 1. The summed E-state index contributed by atoms with van der Waals surface area (Å²) >= 11 is 0. The van der Waals surface area contributed by atoms with Crippen molar-refractivity contribution in [3.63, 3.8) is 0 Å². The second kappa shape index (κ2) is 6.76. The van der Waals surface area contributed by atoms with E-state index in [0.29, 0.717) is 17.8 Å². The predicted octanol–water partition coefficient (Wildman–Crippen LogP) is 2.86. The molecule has 1 rings (SSSR count). The first-order valence-corrected chi connectivity index (χ1v) is 6.81. The summed E-state index contributed by atoms with van der Waals surface area (Å²) in [7, 11) is 0. The molecule has 3 atom stereocenters. The highest BCUT2D eigenvalue weighted by Gasteiger charge is 2.33. The summed E-state index contributed by atoms with van der Waals surface area (Å²) < 4.78 is 5.48. The van der Waals surface area contributed by atoms with Gasteiger partial charge in [0.2, 0.25) is 0 Å². The second-order valence-electron chi connectivity index (χ2n) is 5.75. The molecule has 0 saturated heterocycles. The fraction of sp³-hybridized carbons (Fsp3) is 0.857. The molecule has 0 spiro atoms. The molecule has 4 nitrogen and oxygen atoms in total. The van der Waals surface area contributed by atoms with E-state index in [1.165, 1.54) is 6.42 Å². The lowest BCUT2D eigenvalue weighted by molar-refractivity contribution is -0.158. The van der Waals surface area contributed by atoms with Gasteiger partial charge in [0.05, 0.1) is 12.8 Å². The van der Waals surface area contributed by atoms with E-state index < -0.39 is 5.97 Å². The first-order valence-electron chi connectivity index (χ1n) is 6.81. The van der Waals surface area contributed by atoms with Crippen LogP contribution in [0.15, 0.2) is 0 Å². The van der Waals surface area contributed by atoms with E-state index >= 15 is 0 Å². The Morgan fingerprint density at radius 1 is 1.28 bits per heavy atom. The first-order chi connectivity index (χ1) is 8.40. The molecular formula is C14H24O4. The zero-order valence-electron chi connectivity index (χ0n) is 11.5. The largest absolute Gasteiger partial charge is 0.481 e. The summed E-state index contributed by atoms with van der Waals surface area (Å²) in [6.45, 7) is 6.48. The number of hydrogen-bond acceptors (Lipinski definition) is 3. The van der Waals surface area contributed by atoms with E-state index in [1.807, 2.05) is 0 Å². The number of aliphatic carboxylic acids is 1. The van der Waals surface area contributed by atoms with Crippen LogP contribution < -0.4 is 0 Å². The Balaban J connectivity index is 2.49. The highest BCUT2D eigenvalue weighted by atomic mass is 16.5. The number of esters is 1. The van der Waals surface area contributed by atoms with E-state index in [2.05, 4.69) is 20.8 Å². The van der Waals surface area contributed by atoms with Crippen LogP contribution in [0.3, 0.4) is 0 Å². The van der Waals surface area contributed by atoms with Gasteiger partial charge in [-0.25, -0.2) is 0 Å². The van der Waals surface area contributed by atoms with Crippen LogP contribution in [0, 0.1) is 17.8 Å². The minimum atomic E-state index is -0.954. The molecule has 1 saturated carbocycles. The van der Waals surface area contributed by atoms with Crippen LogP contribution in [0.5, 0.6) is 0 Å². The molecule has 0 aromatic rings. The predicted molar refractivity (Wildman–Crippen MR) is 68.1 cm³/mol. The van der Waals surface area contributed by atoms with E-state index in [-0.39, 0.29) is 24.9 Å². The number of carboxylic acids is 1. The van der Waals surface area contributed by atoms with Crippen LogP contribution in [0.25, 0.3) is 0 Å². The number of rotatable bonds is 5. The smallest absolute Gasteiger partial charge is 0.306 e. The molecule has 0 heterocycles. The van der Waals surface area contributed by atoms with Crippen LogP contribution in [0.2, 0.25) is 0 Å². The maximum atomic E-state index is 11.6. The van der Waals surface area contributed by atoms with Crippen LogP contribution in [-0.4, -0.2) is 23.1 Å². The molecule has 104 valence electrons. The zero-order chi connectivity index (χ0) is 13.7. The maximum absolute atomic E-state index is 11.6. The Morgan fingerprint density at radius 3 is 2.50 bits per heavy atom. The number of carbonyl (C=O) groups excluding carboxylic acids is 1. The summed E-state index contributed by atoms with van der Waals surface area (Å²) in [5.41, 5.74) is 0. The van der Waals surface area contributed by atoms with Crippen molar-refractivity contribution in [2.75, 3.05) is 0 Å². The van der Waals surface area contributed by atoms with Gasteiger partial charge in [0.25, 0.3) is 0 Å². The molecule has 18 heavy (non-hydrogen) atoms. The third kappa shape index (κ3) is 4.67. The molecule has 1 N–H and O–H groups in total. The molecule has 4 heteroatoms. The number of carbonyl (C=O) groups is 2. The van der Waals surface area contributed by atoms with Gasteiger partial charge in [-0.15, -0.1) is 0 Å². The molecule has 0 aromatic heterocycles. The average molecular weight is 256 g/mol. The third-order valence-corrected chi connectivity index (χ3v) is 3.79. The van der Waals surface area contributed by atoms with E-state index in [4.69, 9.17) is 9.84 Å². The topological polar surface area (TPSA) is 63.6 Å². The van der Waals surface area contributed by atoms with Gasteiger partial charge in [-0.1, -0.05) is 27.2 Å². The average Bonchev–Trinajstić information content (AvgIpc) is 2.26. The van der Waals surface area contributed by atoms with Gasteiger partial charge < -0.3 is 9.84 Å². The van der Waals surface area contributed by atoms with Crippen molar-refractivity contribution in [1.29, 1.82) is 0 Å². The van der Waals surface area contributed by atoms with Gasteiger partial charge in [0.1, 0.15) is 6.10 Å². The van der Waals surface area contributed by atoms with Gasteiger partial charge in [0.15, 0.2) is 0 Å². The van der Waals surface area contributed by atoms with Crippen molar-refractivity contribution >= 4 is 11.9 Å². The van der Waals surface area contributed by atoms with Gasteiger partial charge >= 0.3 is 11.9 Å². The van der Waals surface area contributed by atoms with Crippen LogP contribution in [0.1, 0.15) is 52.9 Å². The Morgan fingerprint density at radius 2 is 1.94 bits per heavy atom. The van der Waals surface area contributed by atoms with Crippen molar-refractivity contribution in [2.24, 2.45) is 17.8 Å². The molecule has 1 unspecified atom stereocenters. The molecule has 1 fully saturated rings. The summed E-state index contributed by atoms with van der Waals surface area (Å²) in [5.74, 6) is 0.161. The Bertz CT molecular complexity index is 298. The summed E-state index contributed by atoms with van der Waals surface area (Å²) in [6, 6.07) is 0. The fourth-order valence-electron chi connectivity index (χ4n) is 2.69. The normalized spacial score (nSPS) is 28.1. The Kier molecular flexibility index (Phi) is 5.63. The van der Waals surface area contributed by atoms with Crippen LogP contribution >= 0.6 is 0 Å². The molecule has 0 aromatic carbocycles. The SMILES string of the molecule is CC1CC[C@@H](C(C)C)[C@H](OC(=O)CCC(=O)O)C1. The molecule has 0 bridgehead atoms. The van der Waals surface area contributed by atoms with E-state index in [0.717, 1.165) is 12.8 Å². The van der Waals surface area contributed by atoms with Crippen LogP contribution in [0.4, 0.5) is 0 Å². The van der Waals surface area contributed by atoms with Crippen molar-refractivity contribution in [1.82, 2.24) is 0 Å². The zero-order valence-corrected chi connectivity index (χ0v) is 11.5. The fourth-order valence-corrected chi connectivity index (χ4v) is 2.69. The highest BCUT2D eigenvalue weighted by molar-refractivity contribution is 5.76. The summed E-state index contributed by atoms with van der Waals surface area (Å²) in [5, 5.41) is 8.54. The lowest BCUT2D eigenvalue weighted by Crippen LogP contribution is -2.35. The number of hydrogen-bond donors (Lipinski definition) is 1. The summed E-state index contributed by atoms with van der Waals surface area (Å²) in [4.78, 5) is 22.0. The lowest BCUT2D eigenvalue weighted by atomic mass is 9.75. The molecule has 1 aliphatic carbocycles. The third-order valence-electron chi connectivity index (χ3n) is 3.79. The van der Waals surface area contributed by atoms with Crippen molar-refractivity contribution in [2.45, 2.75) is 59.0 Å². The van der Waals surface area contributed by atoms with Crippen molar-refractivity contribution in [3.05, 3.63) is 0 Å². The molecular weight excluding hydrogens is 232 g/mol. The minimum Gasteiger partial charge on any atom is -0.481 e. The molecule has 0 aliphatic heterocycles. The lowest BCUT2D eigenvalue weighted by Gasteiger charge is -2.36. The van der Waals surface area contributed by atoms with Gasteiger partial charge in [-0.05, 0) is 30.6 Å². The van der Waals surface area contributed by atoms with E-state index in [9.17, 15) is 9.59 Å². The van der Waals surface area contributed by atoms with Gasteiger partial charge in [0, 0.05) is 0 Å². The van der Waals surface area contributed by atoms with Crippen molar-refractivity contribution in [3.8, 4) is 0 Å². The standard InChI is InChI=1S/C14H24O4/c1-9(2)11-5-4-10(3)8-12(11)18-14(17)7-6-13(15)16/h9-12H,4-8H2,1-3H3,(H,15,16)/t10?,11-,12+/m0/s1. The monoisotopic (exact) mass is 256 g/mol. The summed E-state index contributed by atoms with van der Waals surface area (Å²) in [6.07, 6.45) is 2.98. The highest BCUT2D eigenvalue weighted by Crippen LogP contribution is 2.35. The van der Waals surface area contributed by atoms with Crippen molar-refractivity contribution < 1.29 is 19.4 Å². The quantitative estimate of drug-likeness (QED) is 0.768.